The summed E-state index contributed by atoms with van der Waals surface area (Å²) in [6.07, 6.45) is 0.275. The van der Waals surface area contributed by atoms with Crippen LogP contribution in [0.3, 0.4) is 0 Å². The maximum Gasteiger partial charge on any atom is 0.290 e. The molecule has 5 nitrogen and oxygen atoms in total. The first kappa shape index (κ1) is 10.5. The zero-order chi connectivity index (χ0) is 11.5. The number of carbonyl (C=O) groups is 2. The second-order valence-corrected chi connectivity index (χ2v) is 3.34. The second-order valence-electron chi connectivity index (χ2n) is 3.34. The van der Waals surface area contributed by atoms with Gasteiger partial charge in [0, 0.05) is 18.8 Å². The summed E-state index contributed by atoms with van der Waals surface area (Å²) in [4.78, 5) is 22.8. The fourth-order valence-electron chi connectivity index (χ4n) is 1.45. The van der Waals surface area contributed by atoms with E-state index in [-0.39, 0.29) is 6.29 Å². The molecule has 84 valence electrons. The second kappa shape index (κ2) is 4.22. The molecule has 1 aliphatic rings. The van der Waals surface area contributed by atoms with E-state index >= 15 is 0 Å². The van der Waals surface area contributed by atoms with Crippen LogP contribution in [0.2, 0.25) is 0 Å². The van der Waals surface area contributed by atoms with E-state index in [4.69, 9.17) is 9.47 Å². The Labute approximate surface area is 92.6 Å². The summed E-state index contributed by atoms with van der Waals surface area (Å²) < 4.78 is 10.7. The summed E-state index contributed by atoms with van der Waals surface area (Å²) in [5.74, 6) is 0.646. The molecule has 1 amide bonds. The maximum absolute atomic E-state index is 11.2. The Morgan fingerprint density at radius 2 is 2.00 bits per heavy atom. The topological polar surface area (TPSA) is 55.8 Å². The van der Waals surface area contributed by atoms with Gasteiger partial charge in [-0.1, -0.05) is 0 Å². The fourth-order valence-corrected chi connectivity index (χ4v) is 1.45. The summed E-state index contributed by atoms with van der Waals surface area (Å²) in [5, 5.41) is 0. The Morgan fingerprint density at radius 1 is 1.31 bits per heavy atom. The van der Waals surface area contributed by atoms with Gasteiger partial charge in [-0.2, -0.15) is 0 Å². The number of anilines is 1. The van der Waals surface area contributed by atoms with Gasteiger partial charge in [-0.25, -0.2) is 0 Å². The van der Waals surface area contributed by atoms with Crippen LogP contribution in [0.25, 0.3) is 0 Å². The van der Waals surface area contributed by atoms with Crippen molar-refractivity contribution >= 4 is 17.9 Å². The molecule has 0 aromatic heterocycles. The lowest BCUT2D eigenvalue weighted by atomic mass is 10.2. The van der Waals surface area contributed by atoms with Gasteiger partial charge in [0.05, 0.1) is 0 Å². The van der Waals surface area contributed by atoms with E-state index in [0.717, 1.165) is 0 Å². The SMILES string of the molecule is CN(C(=O)C=O)c1ccc2c(c1)OCCO2. The van der Waals surface area contributed by atoms with Crippen LogP contribution in [0.5, 0.6) is 11.5 Å². The molecule has 16 heavy (non-hydrogen) atoms. The van der Waals surface area contributed by atoms with E-state index < -0.39 is 5.91 Å². The number of hydrogen-bond acceptors (Lipinski definition) is 4. The van der Waals surface area contributed by atoms with Gasteiger partial charge in [-0.15, -0.1) is 0 Å². The van der Waals surface area contributed by atoms with Crippen molar-refractivity contribution in [1.82, 2.24) is 0 Å². The van der Waals surface area contributed by atoms with Crippen LogP contribution < -0.4 is 14.4 Å². The van der Waals surface area contributed by atoms with Crippen LogP contribution in [0.4, 0.5) is 5.69 Å². The number of nitrogens with zero attached hydrogens (tertiary/aromatic N) is 1. The molecule has 0 bridgehead atoms. The number of ether oxygens (including phenoxy) is 2. The molecule has 0 spiro atoms. The quantitative estimate of drug-likeness (QED) is 0.542. The molecule has 0 fully saturated rings. The van der Waals surface area contributed by atoms with Crippen molar-refractivity contribution in [1.29, 1.82) is 0 Å². The van der Waals surface area contributed by atoms with Gasteiger partial charge in [0.15, 0.2) is 11.5 Å². The van der Waals surface area contributed by atoms with Gasteiger partial charge in [-0.3, -0.25) is 9.59 Å². The number of aldehydes is 1. The third-order valence-corrected chi connectivity index (χ3v) is 2.34. The molecular formula is C11H11NO4. The molecule has 0 saturated carbocycles. The first-order valence-electron chi connectivity index (χ1n) is 4.85. The van der Waals surface area contributed by atoms with Crippen molar-refractivity contribution in [3.8, 4) is 11.5 Å². The lowest BCUT2D eigenvalue weighted by Gasteiger charge is -2.21. The van der Waals surface area contributed by atoms with Gasteiger partial charge in [0.1, 0.15) is 13.2 Å². The molecule has 2 rings (SSSR count). The molecule has 1 heterocycles. The van der Waals surface area contributed by atoms with E-state index in [1.54, 1.807) is 18.2 Å². The molecule has 1 aliphatic heterocycles. The van der Waals surface area contributed by atoms with Crippen molar-refractivity contribution in [3.05, 3.63) is 18.2 Å². The number of carbonyl (C=O) groups excluding carboxylic acids is 2. The molecule has 0 unspecified atom stereocenters. The summed E-state index contributed by atoms with van der Waals surface area (Å²) in [6.45, 7) is 1.01. The number of amides is 1. The molecule has 0 radical (unpaired) electrons. The van der Waals surface area contributed by atoms with Gasteiger partial charge in [0.25, 0.3) is 5.91 Å². The Bertz CT molecular complexity index is 430. The number of rotatable bonds is 2. The third kappa shape index (κ3) is 1.84. The molecule has 1 aromatic rings. The minimum atomic E-state index is -0.600. The zero-order valence-electron chi connectivity index (χ0n) is 8.80. The minimum Gasteiger partial charge on any atom is -0.486 e. The predicted octanol–water partition coefficient (Wildman–Crippen LogP) is 0.619. The van der Waals surface area contributed by atoms with E-state index in [2.05, 4.69) is 0 Å². The Balaban J connectivity index is 2.29. The van der Waals surface area contributed by atoms with Crippen LogP contribution in [-0.4, -0.2) is 32.5 Å². The van der Waals surface area contributed by atoms with Gasteiger partial charge in [-0.05, 0) is 12.1 Å². The van der Waals surface area contributed by atoms with Crippen LogP contribution >= 0.6 is 0 Å². The highest BCUT2D eigenvalue weighted by Gasteiger charge is 2.15. The van der Waals surface area contributed by atoms with E-state index in [1.165, 1.54) is 11.9 Å². The maximum atomic E-state index is 11.2. The Hall–Kier alpha value is -2.04. The number of likely N-dealkylation sites (N-methyl/N-ethyl adjacent to an activating group) is 1. The average molecular weight is 221 g/mol. The smallest absolute Gasteiger partial charge is 0.290 e. The monoisotopic (exact) mass is 221 g/mol. The Kier molecular flexibility index (Phi) is 2.76. The highest BCUT2D eigenvalue weighted by Crippen LogP contribution is 2.33. The fraction of sp³-hybridized carbons (Fsp3) is 0.273. The summed E-state index contributed by atoms with van der Waals surface area (Å²) >= 11 is 0. The van der Waals surface area contributed by atoms with E-state index in [0.29, 0.717) is 30.4 Å². The molecule has 0 N–H and O–H groups in total. The van der Waals surface area contributed by atoms with E-state index in [9.17, 15) is 9.59 Å². The predicted molar refractivity (Wildman–Crippen MR) is 56.9 cm³/mol. The van der Waals surface area contributed by atoms with Crippen LogP contribution in [-0.2, 0) is 9.59 Å². The minimum absolute atomic E-state index is 0.275. The molecular weight excluding hydrogens is 210 g/mol. The molecule has 1 aromatic carbocycles. The van der Waals surface area contributed by atoms with E-state index in [1.807, 2.05) is 0 Å². The van der Waals surface area contributed by atoms with Crippen LogP contribution in [0.15, 0.2) is 18.2 Å². The van der Waals surface area contributed by atoms with Crippen molar-refractivity contribution in [3.63, 3.8) is 0 Å². The van der Waals surface area contributed by atoms with Crippen molar-refractivity contribution in [2.45, 2.75) is 0 Å². The van der Waals surface area contributed by atoms with Crippen LogP contribution in [0.1, 0.15) is 0 Å². The van der Waals surface area contributed by atoms with Crippen LogP contribution in [0, 0.1) is 0 Å². The van der Waals surface area contributed by atoms with Crippen molar-refractivity contribution < 1.29 is 19.1 Å². The first-order chi connectivity index (χ1) is 7.72. The number of benzene rings is 1. The normalized spacial score (nSPS) is 13.1. The van der Waals surface area contributed by atoms with Gasteiger partial charge < -0.3 is 14.4 Å². The highest BCUT2D eigenvalue weighted by molar-refractivity contribution is 6.30. The number of fused-ring (bicyclic) bond motifs is 1. The largest absolute Gasteiger partial charge is 0.486 e. The molecule has 0 atom stereocenters. The lowest BCUT2D eigenvalue weighted by molar-refractivity contribution is -0.129. The Morgan fingerprint density at radius 3 is 2.69 bits per heavy atom. The summed E-state index contributed by atoms with van der Waals surface area (Å²) in [7, 11) is 1.53. The third-order valence-electron chi connectivity index (χ3n) is 2.34. The highest BCUT2D eigenvalue weighted by atomic mass is 16.6. The van der Waals surface area contributed by atoms with Crippen molar-refractivity contribution in [2.75, 3.05) is 25.2 Å². The first-order valence-corrected chi connectivity index (χ1v) is 4.85. The number of hydrogen-bond donors (Lipinski definition) is 0. The summed E-state index contributed by atoms with van der Waals surface area (Å²) in [6, 6.07) is 5.10. The lowest BCUT2D eigenvalue weighted by Crippen LogP contribution is -2.27. The van der Waals surface area contributed by atoms with Gasteiger partial charge >= 0.3 is 0 Å². The zero-order valence-corrected chi connectivity index (χ0v) is 8.80. The average Bonchev–Trinajstić information content (AvgIpc) is 2.36. The molecule has 0 aliphatic carbocycles. The van der Waals surface area contributed by atoms with Gasteiger partial charge in [0.2, 0.25) is 6.29 Å². The van der Waals surface area contributed by atoms with Crippen molar-refractivity contribution in [2.24, 2.45) is 0 Å². The molecule has 5 heteroatoms. The molecule has 0 saturated heterocycles. The standard InChI is InChI=1S/C11H11NO4/c1-12(11(14)7-13)8-2-3-9-10(6-8)16-5-4-15-9/h2-3,6-7H,4-5H2,1H3. The summed E-state index contributed by atoms with van der Waals surface area (Å²) in [5.41, 5.74) is 0.598.